The average Bonchev–Trinajstić information content (AvgIpc) is 3.25. The van der Waals surface area contributed by atoms with Gasteiger partial charge in [0.05, 0.1) is 11.3 Å². The van der Waals surface area contributed by atoms with Gasteiger partial charge in [0, 0.05) is 6.54 Å². The molecular formula is C20H20N6O4. The van der Waals surface area contributed by atoms with E-state index in [1.54, 1.807) is 24.3 Å². The van der Waals surface area contributed by atoms with E-state index >= 15 is 0 Å². The van der Waals surface area contributed by atoms with Crippen molar-refractivity contribution >= 4 is 23.5 Å². The highest BCUT2D eigenvalue weighted by molar-refractivity contribution is 6.04. The van der Waals surface area contributed by atoms with Crippen molar-refractivity contribution in [2.45, 2.75) is 20.0 Å². The van der Waals surface area contributed by atoms with Crippen LogP contribution in [0, 0.1) is 6.92 Å². The molecule has 10 nitrogen and oxygen atoms in total. The number of hydrogen-bond acceptors (Lipinski definition) is 7. The fourth-order valence-electron chi connectivity index (χ4n) is 2.54. The van der Waals surface area contributed by atoms with Crippen LogP contribution in [0.15, 0.2) is 54.9 Å². The van der Waals surface area contributed by atoms with E-state index in [4.69, 9.17) is 4.74 Å². The van der Waals surface area contributed by atoms with Crippen molar-refractivity contribution in [2.75, 3.05) is 11.9 Å². The van der Waals surface area contributed by atoms with Crippen LogP contribution < -0.4 is 10.6 Å². The topological polar surface area (TPSA) is 128 Å². The summed E-state index contributed by atoms with van der Waals surface area (Å²) in [6.45, 7) is 1.64. The third-order valence-electron chi connectivity index (χ3n) is 4.07. The molecule has 0 atom stereocenters. The summed E-state index contributed by atoms with van der Waals surface area (Å²) in [5.41, 5.74) is 2.72. The summed E-state index contributed by atoms with van der Waals surface area (Å²) in [7, 11) is 0. The monoisotopic (exact) mass is 408 g/mol. The van der Waals surface area contributed by atoms with Crippen LogP contribution in [-0.2, 0) is 27.4 Å². The third kappa shape index (κ3) is 5.96. The molecule has 154 valence electrons. The largest absolute Gasteiger partial charge is 0.454 e. The van der Waals surface area contributed by atoms with Gasteiger partial charge in [0.25, 0.3) is 11.8 Å². The van der Waals surface area contributed by atoms with Gasteiger partial charge in [-0.25, -0.2) is 4.68 Å². The molecule has 0 fully saturated rings. The maximum absolute atomic E-state index is 12.6. The average molecular weight is 408 g/mol. The molecule has 0 saturated carbocycles. The molecular weight excluding hydrogens is 388 g/mol. The molecule has 2 amide bonds. The van der Waals surface area contributed by atoms with Gasteiger partial charge in [0.2, 0.25) is 0 Å². The molecule has 1 heterocycles. The smallest absolute Gasteiger partial charge is 0.328 e. The maximum Gasteiger partial charge on any atom is 0.328 e. The predicted molar refractivity (Wildman–Crippen MR) is 106 cm³/mol. The SMILES string of the molecule is Cc1ccc(CNC(=O)c2ccccc2NC(=O)COC(=O)Cn2cnnn2)cc1. The predicted octanol–water partition coefficient (Wildman–Crippen LogP) is 1.09. The van der Waals surface area contributed by atoms with E-state index < -0.39 is 18.5 Å². The zero-order chi connectivity index (χ0) is 21.3. The lowest BCUT2D eigenvalue weighted by Gasteiger charge is -2.12. The Morgan fingerprint density at radius 2 is 1.83 bits per heavy atom. The maximum atomic E-state index is 12.6. The number of carbonyl (C=O) groups excluding carboxylic acids is 3. The number of benzene rings is 2. The van der Waals surface area contributed by atoms with Crippen LogP contribution in [0.5, 0.6) is 0 Å². The van der Waals surface area contributed by atoms with Crippen LogP contribution in [0.3, 0.4) is 0 Å². The lowest BCUT2D eigenvalue weighted by Crippen LogP contribution is -2.27. The number of nitrogens with one attached hydrogen (secondary N) is 2. The highest BCUT2D eigenvalue weighted by Gasteiger charge is 2.14. The highest BCUT2D eigenvalue weighted by Crippen LogP contribution is 2.15. The molecule has 0 aliphatic carbocycles. The van der Waals surface area contributed by atoms with Crippen molar-refractivity contribution < 1.29 is 19.1 Å². The van der Waals surface area contributed by atoms with Crippen LogP contribution >= 0.6 is 0 Å². The number of para-hydroxylation sites is 1. The van der Waals surface area contributed by atoms with Crippen molar-refractivity contribution in [1.29, 1.82) is 0 Å². The van der Waals surface area contributed by atoms with Crippen molar-refractivity contribution in [3.63, 3.8) is 0 Å². The quantitative estimate of drug-likeness (QED) is 0.534. The Balaban J connectivity index is 1.53. The number of rotatable bonds is 8. The van der Waals surface area contributed by atoms with E-state index in [2.05, 4.69) is 26.2 Å². The Morgan fingerprint density at radius 1 is 1.07 bits per heavy atom. The summed E-state index contributed by atoms with van der Waals surface area (Å²) in [6.07, 6.45) is 1.26. The molecule has 30 heavy (non-hydrogen) atoms. The lowest BCUT2D eigenvalue weighted by molar-refractivity contribution is -0.148. The molecule has 0 unspecified atom stereocenters. The fourth-order valence-corrected chi connectivity index (χ4v) is 2.54. The molecule has 2 aromatic carbocycles. The molecule has 0 radical (unpaired) electrons. The first-order valence-electron chi connectivity index (χ1n) is 9.10. The summed E-state index contributed by atoms with van der Waals surface area (Å²) in [6, 6.07) is 14.4. The number of aromatic nitrogens is 4. The minimum atomic E-state index is -0.665. The zero-order valence-electron chi connectivity index (χ0n) is 16.2. The third-order valence-corrected chi connectivity index (χ3v) is 4.07. The molecule has 2 N–H and O–H groups in total. The minimum absolute atomic E-state index is 0.210. The second-order valence-corrected chi connectivity index (χ2v) is 6.43. The Morgan fingerprint density at radius 3 is 2.57 bits per heavy atom. The van der Waals surface area contributed by atoms with Gasteiger partial charge < -0.3 is 15.4 Å². The molecule has 1 aromatic heterocycles. The van der Waals surface area contributed by atoms with Crippen molar-refractivity contribution in [3.05, 3.63) is 71.5 Å². The van der Waals surface area contributed by atoms with E-state index in [1.807, 2.05) is 31.2 Å². The number of tetrazole rings is 1. The normalized spacial score (nSPS) is 10.3. The van der Waals surface area contributed by atoms with Crippen LogP contribution in [0.1, 0.15) is 21.5 Å². The van der Waals surface area contributed by atoms with Crippen LogP contribution in [0.2, 0.25) is 0 Å². The summed E-state index contributed by atoms with van der Waals surface area (Å²) in [4.78, 5) is 36.4. The fraction of sp³-hybridized carbons (Fsp3) is 0.200. The lowest BCUT2D eigenvalue weighted by atomic mass is 10.1. The van der Waals surface area contributed by atoms with Crippen molar-refractivity contribution in [3.8, 4) is 0 Å². The number of carbonyl (C=O) groups is 3. The van der Waals surface area contributed by atoms with Gasteiger partial charge in [-0.15, -0.1) is 5.10 Å². The van der Waals surface area contributed by atoms with Gasteiger partial charge in [-0.05, 0) is 35.0 Å². The molecule has 0 spiro atoms. The molecule has 0 saturated heterocycles. The van der Waals surface area contributed by atoms with E-state index in [1.165, 1.54) is 11.0 Å². The second-order valence-electron chi connectivity index (χ2n) is 6.43. The van der Waals surface area contributed by atoms with Crippen molar-refractivity contribution in [1.82, 2.24) is 25.5 Å². The summed E-state index contributed by atoms with van der Waals surface area (Å²) in [5, 5.41) is 15.7. The summed E-state index contributed by atoms with van der Waals surface area (Å²) >= 11 is 0. The van der Waals surface area contributed by atoms with E-state index in [-0.39, 0.29) is 12.5 Å². The van der Waals surface area contributed by atoms with Gasteiger partial charge >= 0.3 is 5.97 Å². The number of nitrogens with zero attached hydrogens (tertiary/aromatic N) is 4. The Labute approximate surface area is 172 Å². The molecule has 0 bridgehead atoms. The molecule has 10 heteroatoms. The minimum Gasteiger partial charge on any atom is -0.454 e. The second kappa shape index (κ2) is 9.92. The first-order valence-corrected chi connectivity index (χ1v) is 9.10. The molecule has 3 aromatic rings. The standard InChI is InChI=1S/C20H20N6O4/c1-14-6-8-15(9-7-14)10-21-20(29)16-4-2-3-5-17(16)23-18(27)12-30-19(28)11-26-13-22-24-25-26/h2-9,13H,10-12H2,1H3,(H,21,29)(H,23,27). The Hall–Kier alpha value is -4.08. The van der Waals surface area contributed by atoms with Crippen LogP contribution in [0.25, 0.3) is 0 Å². The molecule has 3 rings (SSSR count). The van der Waals surface area contributed by atoms with E-state index in [9.17, 15) is 14.4 Å². The van der Waals surface area contributed by atoms with Gasteiger partial charge in [0.1, 0.15) is 12.9 Å². The highest BCUT2D eigenvalue weighted by atomic mass is 16.5. The number of aryl methyl sites for hydroxylation is 1. The number of anilines is 1. The van der Waals surface area contributed by atoms with Gasteiger partial charge in [0.15, 0.2) is 6.61 Å². The number of esters is 1. The van der Waals surface area contributed by atoms with Crippen LogP contribution in [0.4, 0.5) is 5.69 Å². The van der Waals surface area contributed by atoms with Gasteiger partial charge in [-0.1, -0.05) is 42.0 Å². The first kappa shape index (κ1) is 20.6. The van der Waals surface area contributed by atoms with Crippen LogP contribution in [-0.4, -0.2) is 44.6 Å². The summed E-state index contributed by atoms with van der Waals surface area (Å²) in [5.74, 6) is -1.57. The Bertz CT molecular complexity index is 1020. The summed E-state index contributed by atoms with van der Waals surface area (Å²) < 4.78 is 6.07. The Kier molecular flexibility index (Phi) is 6.83. The van der Waals surface area contributed by atoms with E-state index in [0.29, 0.717) is 17.8 Å². The van der Waals surface area contributed by atoms with Crippen molar-refractivity contribution in [2.24, 2.45) is 0 Å². The van der Waals surface area contributed by atoms with Gasteiger partial charge in [-0.3, -0.25) is 14.4 Å². The molecule has 0 aliphatic heterocycles. The number of amides is 2. The van der Waals surface area contributed by atoms with Gasteiger partial charge in [-0.2, -0.15) is 0 Å². The van der Waals surface area contributed by atoms with E-state index in [0.717, 1.165) is 11.1 Å². The number of ether oxygens (including phenoxy) is 1. The first-order chi connectivity index (χ1) is 14.5. The number of hydrogen-bond donors (Lipinski definition) is 2. The zero-order valence-corrected chi connectivity index (χ0v) is 16.2. The molecule has 0 aliphatic rings.